The zero-order valence-corrected chi connectivity index (χ0v) is 21.6. The molecule has 2 atom stereocenters. The van der Waals surface area contributed by atoms with E-state index in [9.17, 15) is 18.0 Å². The quantitative estimate of drug-likeness (QED) is 0.222. The highest BCUT2D eigenvalue weighted by Crippen LogP contribution is 2.31. The fraction of sp³-hybridized carbons (Fsp3) is 0.250. The van der Waals surface area contributed by atoms with Gasteiger partial charge in [0, 0.05) is 30.5 Å². The molecular weight excluding hydrogens is 539 g/mol. The van der Waals surface area contributed by atoms with Crippen LogP contribution in [0.1, 0.15) is 35.2 Å². The summed E-state index contributed by atoms with van der Waals surface area (Å²) < 4.78 is 50.9. The van der Waals surface area contributed by atoms with Gasteiger partial charge in [-0.15, -0.1) is 0 Å². The standard InChI is InChI=1S/C28H26F3N7O3/c29-28(30,31)17-13-21(34-15-18-9-6-12-40-18)23(35-14-17)24(32)41-27(33)38-25-26(39)36-20-11-5-4-10-19(20)22(37-25)16-7-2-1-3-8-16/h1-5,7-8,10-11,13-14,18,25,32,34H,6,9,12,15H2,(H2,33,38)(H,36,39)/t18-,25+/m0/s1. The molecule has 2 aliphatic rings. The van der Waals surface area contributed by atoms with Crippen molar-refractivity contribution in [3.63, 3.8) is 0 Å². The molecule has 0 spiro atoms. The minimum absolute atomic E-state index is 0.0971. The number of nitrogens with one attached hydrogen (secondary N) is 5. The van der Waals surface area contributed by atoms with Gasteiger partial charge in [-0.3, -0.25) is 15.6 Å². The van der Waals surface area contributed by atoms with Gasteiger partial charge >= 0.3 is 6.18 Å². The minimum atomic E-state index is -4.65. The zero-order chi connectivity index (χ0) is 29.0. The Hall–Kier alpha value is -4.78. The summed E-state index contributed by atoms with van der Waals surface area (Å²) in [7, 11) is 0. The van der Waals surface area contributed by atoms with Crippen molar-refractivity contribution in [2.24, 2.45) is 4.99 Å². The van der Waals surface area contributed by atoms with Crippen LogP contribution in [-0.2, 0) is 20.4 Å². The van der Waals surface area contributed by atoms with Crippen LogP contribution in [0.3, 0.4) is 0 Å². The summed E-state index contributed by atoms with van der Waals surface area (Å²) in [5, 5.41) is 24.8. The van der Waals surface area contributed by atoms with Crippen LogP contribution in [0.25, 0.3) is 0 Å². The van der Waals surface area contributed by atoms with Crippen molar-refractivity contribution in [1.82, 2.24) is 10.3 Å². The number of halogens is 3. The maximum Gasteiger partial charge on any atom is 0.417 e. The Bertz CT molecular complexity index is 1490. The number of nitrogens with zero attached hydrogens (tertiary/aromatic N) is 2. The fourth-order valence-corrected chi connectivity index (χ4v) is 4.45. The van der Waals surface area contributed by atoms with E-state index < -0.39 is 35.7 Å². The number of hydrogen-bond acceptors (Lipinski definition) is 8. The molecule has 13 heteroatoms. The average Bonchev–Trinajstić information content (AvgIpc) is 3.43. The number of anilines is 2. The van der Waals surface area contributed by atoms with Crippen molar-refractivity contribution in [3.8, 4) is 0 Å². The zero-order valence-electron chi connectivity index (χ0n) is 21.6. The molecule has 1 fully saturated rings. The Morgan fingerprint density at radius 1 is 1.12 bits per heavy atom. The van der Waals surface area contributed by atoms with Gasteiger partial charge in [-0.05, 0) is 25.0 Å². The summed E-state index contributed by atoms with van der Waals surface area (Å²) in [6.45, 7) is 0.773. The number of carbonyl (C=O) groups is 1. The molecule has 1 amide bonds. The van der Waals surface area contributed by atoms with Crippen LogP contribution in [0.4, 0.5) is 24.5 Å². The number of rotatable bonds is 6. The molecule has 0 bridgehead atoms. The van der Waals surface area contributed by atoms with Crippen molar-refractivity contribution in [2.75, 3.05) is 23.8 Å². The van der Waals surface area contributed by atoms with E-state index >= 15 is 0 Å². The molecular formula is C28H26F3N7O3. The number of fused-ring (bicyclic) bond motifs is 1. The molecule has 0 aliphatic carbocycles. The van der Waals surface area contributed by atoms with E-state index in [-0.39, 0.29) is 24.0 Å². The number of alkyl halides is 3. The van der Waals surface area contributed by atoms with Gasteiger partial charge in [0.15, 0.2) is 0 Å². The first-order valence-corrected chi connectivity index (χ1v) is 12.8. The smallest absolute Gasteiger partial charge is 0.405 e. The highest BCUT2D eigenvalue weighted by Gasteiger charge is 2.33. The molecule has 2 aliphatic heterocycles. The number of amides is 1. The number of aliphatic imine (C=N–C) groups is 1. The summed E-state index contributed by atoms with van der Waals surface area (Å²) in [5.41, 5.74) is 1.08. The summed E-state index contributed by atoms with van der Waals surface area (Å²) in [6, 6.07) is 16.4. The Balaban J connectivity index is 1.35. The van der Waals surface area contributed by atoms with Crippen molar-refractivity contribution in [2.45, 2.75) is 31.3 Å². The largest absolute Gasteiger partial charge is 0.417 e. The third-order valence-corrected chi connectivity index (χ3v) is 6.44. The van der Waals surface area contributed by atoms with Crippen molar-refractivity contribution in [3.05, 3.63) is 89.2 Å². The molecule has 0 unspecified atom stereocenters. The lowest BCUT2D eigenvalue weighted by molar-refractivity contribution is -0.137. The number of hydrogen-bond donors (Lipinski definition) is 5. The number of para-hydroxylation sites is 1. The molecule has 10 nitrogen and oxygen atoms in total. The van der Waals surface area contributed by atoms with Crippen LogP contribution < -0.4 is 16.0 Å². The van der Waals surface area contributed by atoms with Crippen LogP contribution in [-0.4, -0.2) is 53.9 Å². The normalized spacial score (nSPS) is 18.4. The molecule has 3 aromatic rings. The maximum absolute atomic E-state index is 13.4. The summed E-state index contributed by atoms with van der Waals surface area (Å²) in [5.74, 6) is -1.27. The highest BCUT2D eigenvalue weighted by atomic mass is 19.4. The maximum atomic E-state index is 13.4. The number of amidine groups is 1. The third kappa shape index (κ3) is 6.52. The van der Waals surface area contributed by atoms with E-state index in [4.69, 9.17) is 20.3 Å². The monoisotopic (exact) mass is 565 g/mol. The van der Waals surface area contributed by atoms with E-state index in [1.165, 1.54) is 0 Å². The van der Waals surface area contributed by atoms with Gasteiger partial charge in [0.25, 0.3) is 11.9 Å². The second-order valence-electron chi connectivity index (χ2n) is 9.32. The first kappa shape index (κ1) is 27.8. The van der Waals surface area contributed by atoms with Crippen LogP contribution in [0.15, 0.2) is 71.9 Å². The Kier molecular flexibility index (Phi) is 7.97. The third-order valence-electron chi connectivity index (χ3n) is 6.44. The number of ether oxygens (including phenoxy) is 2. The van der Waals surface area contributed by atoms with Gasteiger partial charge in [0.2, 0.25) is 12.1 Å². The first-order valence-electron chi connectivity index (χ1n) is 12.8. The average molecular weight is 566 g/mol. The lowest BCUT2D eigenvalue weighted by Gasteiger charge is -2.18. The summed E-state index contributed by atoms with van der Waals surface area (Å²) in [4.78, 5) is 21.4. The molecule has 41 heavy (non-hydrogen) atoms. The van der Waals surface area contributed by atoms with Crippen LogP contribution in [0.2, 0.25) is 0 Å². The minimum Gasteiger partial charge on any atom is -0.405 e. The topological polar surface area (TPSA) is 145 Å². The number of pyridine rings is 1. The predicted molar refractivity (Wildman–Crippen MR) is 146 cm³/mol. The van der Waals surface area contributed by atoms with Gasteiger partial charge in [-0.1, -0.05) is 48.5 Å². The van der Waals surface area contributed by atoms with E-state index in [0.29, 0.717) is 29.8 Å². The highest BCUT2D eigenvalue weighted by molar-refractivity contribution is 6.19. The van der Waals surface area contributed by atoms with Crippen molar-refractivity contribution in [1.29, 1.82) is 10.8 Å². The molecule has 212 valence electrons. The Morgan fingerprint density at radius 3 is 2.61 bits per heavy atom. The first-order chi connectivity index (χ1) is 19.7. The van der Waals surface area contributed by atoms with Crippen molar-refractivity contribution < 1.29 is 27.4 Å². The second-order valence-corrected chi connectivity index (χ2v) is 9.32. The van der Waals surface area contributed by atoms with Crippen LogP contribution >= 0.6 is 0 Å². The second kappa shape index (κ2) is 11.8. The van der Waals surface area contributed by atoms with Crippen LogP contribution in [0, 0.1) is 10.8 Å². The number of benzene rings is 2. The van der Waals surface area contributed by atoms with Gasteiger partial charge in [-0.2, -0.15) is 13.2 Å². The van der Waals surface area contributed by atoms with E-state index in [2.05, 4.69) is 25.9 Å². The van der Waals surface area contributed by atoms with Gasteiger partial charge < -0.3 is 25.4 Å². The fourth-order valence-electron chi connectivity index (χ4n) is 4.45. The van der Waals surface area contributed by atoms with E-state index in [1.54, 1.807) is 12.1 Å². The number of benzodiazepines with no additional fused rings is 1. The molecule has 5 N–H and O–H groups in total. The SMILES string of the molecule is N=C(N[C@H]1N=C(c2ccccc2)c2ccccc2NC1=O)OC(=N)c1ncc(C(F)(F)F)cc1NC[C@@H]1CCCO1. The Morgan fingerprint density at radius 2 is 1.88 bits per heavy atom. The predicted octanol–water partition coefficient (Wildman–Crippen LogP) is 4.37. The van der Waals surface area contributed by atoms with Gasteiger partial charge in [0.1, 0.15) is 5.69 Å². The molecule has 2 aromatic carbocycles. The Labute approximate surface area is 233 Å². The number of aromatic nitrogens is 1. The molecule has 1 aromatic heterocycles. The lowest BCUT2D eigenvalue weighted by Crippen LogP contribution is -2.43. The molecule has 0 radical (unpaired) electrons. The van der Waals surface area contributed by atoms with E-state index in [1.807, 2.05) is 42.5 Å². The van der Waals surface area contributed by atoms with Gasteiger partial charge in [-0.25, -0.2) is 9.98 Å². The molecule has 0 saturated carbocycles. The molecule has 1 saturated heterocycles. The summed E-state index contributed by atoms with van der Waals surface area (Å²) >= 11 is 0. The van der Waals surface area contributed by atoms with Crippen molar-refractivity contribution >= 4 is 34.9 Å². The van der Waals surface area contributed by atoms with Crippen LogP contribution in [0.5, 0.6) is 0 Å². The molecule has 3 heterocycles. The lowest BCUT2D eigenvalue weighted by atomic mass is 10.0. The number of carbonyl (C=O) groups excluding carboxylic acids is 1. The summed E-state index contributed by atoms with van der Waals surface area (Å²) in [6.07, 6.45) is -3.97. The van der Waals surface area contributed by atoms with Gasteiger partial charge in [0.05, 0.1) is 28.8 Å². The van der Waals surface area contributed by atoms with E-state index in [0.717, 1.165) is 24.5 Å². The molecule has 5 rings (SSSR count).